The van der Waals surface area contributed by atoms with E-state index >= 15 is 0 Å². The van der Waals surface area contributed by atoms with Gasteiger partial charge in [0.25, 0.3) is 0 Å². The summed E-state index contributed by atoms with van der Waals surface area (Å²) >= 11 is -0.137. The second-order valence-electron chi connectivity index (χ2n) is 4.89. The first-order valence-corrected chi connectivity index (χ1v) is 7.85. The summed E-state index contributed by atoms with van der Waals surface area (Å²) in [6.07, 6.45) is 0.633. The molecule has 2 aromatic rings. The van der Waals surface area contributed by atoms with E-state index in [0.29, 0.717) is 12.3 Å². The second-order valence-corrected chi connectivity index (χ2v) is 7.02. The van der Waals surface area contributed by atoms with Gasteiger partial charge in [-0.2, -0.15) is 0 Å². The third-order valence-corrected chi connectivity index (χ3v) is 5.42. The van der Waals surface area contributed by atoms with E-state index in [9.17, 15) is 9.59 Å². The van der Waals surface area contributed by atoms with Crippen LogP contribution in [0.2, 0.25) is 0 Å². The van der Waals surface area contributed by atoms with Crippen molar-refractivity contribution in [3.05, 3.63) is 34.6 Å². The Balaban J connectivity index is 2.52. The molecule has 0 N–H and O–H groups in total. The number of carbonyl (C=O) groups excluding carboxylic acids is 1. The molecular formula is C14H17NO3Se. The number of rotatable bonds is 4. The molecule has 4 nitrogen and oxygen atoms in total. The van der Waals surface area contributed by atoms with Crippen LogP contribution in [0.15, 0.2) is 29.1 Å². The average Bonchev–Trinajstić information content (AvgIpc) is 2.73. The van der Waals surface area contributed by atoms with Crippen molar-refractivity contribution < 1.29 is 9.53 Å². The number of ether oxygens (including phenoxy) is 1. The van der Waals surface area contributed by atoms with Crippen LogP contribution in [0.25, 0.3) is 9.65 Å². The van der Waals surface area contributed by atoms with E-state index in [1.54, 1.807) is 3.56 Å². The van der Waals surface area contributed by atoms with Gasteiger partial charge in [-0.25, -0.2) is 0 Å². The van der Waals surface area contributed by atoms with Gasteiger partial charge in [0.05, 0.1) is 0 Å². The molecule has 19 heavy (non-hydrogen) atoms. The minimum atomic E-state index is -0.468. The Kier molecular flexibility index (Phi) is 4.27. The van der Waals surface area contributed by atoms with Crippen molar-refractivity contribution in [3.63, 3.8) is 0 Å². The quantitative estimate of drug-likeness (QED) is 0.636. The van der Waals surface area contributed by atoms with Crippen LogP contribution in [-0.4, -0.2) is 31.4 Å². The summed E-state index contributed by atoms with van der Waals surface area (Å²) in [5.41, 5.74) is -0.0494. The average molecular weight is 326 g/mol. The Morgan fingerprint density at radius 1 is 1.37 bits per heavy atom. The molecule has 0 aliphatic heterocycles. The van der Waals surface area contributed by atoms with E-state index in [2.05, 4.69) is 0 Å². The van der Waals surface area contributed by atoms with Crippen LogP contribution in [0.4, 0.5) is 0 Å². The summed E-state index contributed by atoms with van der Waals surface area (Å²) in [5.74, 6) is 0.00754. The zero-order chi connectivity index (χ0) is 14.0. The van der Waals surface area contributed by atoms with Crippen molar-refractivity contribution in [2.24, 2.45) is 5.92 Å². The van der Waals surface area contributed by atoms with Crippen LogP contribution in [-0.2, 0) is 9.53 Å². The van der Waals surface area contributed by atoms with E-state index in [1.165, 1.54) is 7.11 Å². The zero-order valence-electron chi connectivity index (χ0n) is 11.3. The van der Waals surface area contributed by atoms with Gasteiger partial charge in [0, 0.05) is 0 Å². The molecular weight excluding hydrogens is 309 g/mol. The predicted molar refractivity (Wildman–Crippen MR) is 75.7 cm³/mol. The molecule has 1 atom stereocenters. The number of fused-ring (bicyclic) bond motifs is 1. The Morgan fingerprint density at radius 2 is 2.05 bits per heavy atom. The van der Waals surface area contributed by atoms with Crippen LogP contribution in [0, 0.1) is 5.92 Å². The number of aromatic nitrogens is 1. The van der Waals surface area contributed by atoms with E-state index in [-0.39, 0.29) is 26.3 Å². The monoisotopic (exact) mass is 327 g/mol. The number of carbonyl (C=O) groups is 1. The molecule has 102 valence electrons. The van der Waals surface area contributed by atoms with Gasteiger partial charge in [0.2, 0.25) is 0 Å². The summed E-state index contributed by atoms with van der Waals surface area (Å²) in [7, 11) is 1.37. The third-order valence-electron chi connectivity index (χ3n) is 2.97. The molecule has 0 saturated carbocycles. The Labute approximate surface area is 118 Å². The normalized spacial score (nSPS) is 12.8. The number of hydrogen-bond acceptors (Lipinski definition) is 3. The fourth-order valence-corrected chi connectivity index (χ4v) is 4.34. The molecule has 1 heterocycles. The molecule has 0 aliphatic rings. The van der Waals surface area contributed by atoms with E-state index in [1.807, 2.05) is 38.1 Å². The molecule has 0 unspecified atom stereocenters. The van der Waals surface area contributed by atoms with Crippen molar-refractivity contribution in [2.75, 3.05) is 7.11 Å². The van der Waals surface area contributed by atoms with Crippen LogP contribution in [0.3, 0.4) is 0 Å². The predicted octanol–water partition coefficient (Wildman–Crippen LogP) is 1.82. The first kappa shape index (κ1) is 14.1. The number of hydrogen-bond donors (Lipinski definition) is 0. The molecule has 0 radical (unpaired) electrons. The Bertz CT molecular complexity index is 641. The molecule has 0 amide bonds. The van der Waals surface area contributed by atoms with Crippen LogP contribution < -0.4 is 5.56 Å². The molecule has 1 aromatic heterocycles. The fraction of sp³-hybridized carbons (Fsp3) is 0.429. The van der Waals surface area contributed by atoms with Gasteiger partial charge in [-0.1, -0.05) is 0 Å². The molecule has 0 aliphatic carbocycles. The van der Waals surface area contributed by atoms with Crippen molar-refractivity contribution in [3.8, 4) is 0 Å². The van der Waals surface area contributed by atoms with Gasteiger partial charge in [-0.15, -0.1) is 0 Å². The molecule has 0 fully saturated rings. The molecule has 5 heteroatoms. The Morgan fingerprint density at radius 3 is 2.63 bits per heavy atom. The molecule has 1 aromatic carbocycles. The van der Waals surface area contributed by atoms with Gasteiger partial charge < -0.3 is 0 Å². The second kappa shape index (κ2) is 5.76. The van der Waals surface area contributed by atoms with Crippen LogP contribution in [0.1, 0.15) is 26.3 Å². The standard InChI is InChI=1S/C14H17NO3Se/c1-9(2)8-11(14(17)18-3)15-13(16)10-6-4-5-7-12(10)19-15/h4-7,9,11H,8H2,1-3H3/t11-/m0/s1. The van der Waals surface area contributed by atoms with Crippen molar-refractivity contribution in [2.45, 2.75) is 26.3 Å². The molecule has 0 saturated heterocycles. The molecule has 0 bridgehead atoms. The summed E-state index contributed by atoms with van der Waals surface area (Å²) in [6.45, 7) is 4.08. The topological polar surface area (TPSA) is 48.3 Å². The first-order valence-electron chi connectivity index (χ1n) is 6.23. The van der Waals surface area contributed by atoms with Crippen molar-refractivity contribution in [1.29, 1.82) is 0 Å². The fourth-order valence-electron chi connectivity index (χ4n) is 2.06. The van der Waals surface area contributed by atoms with Gasteiger partial charge >= 0.3 is 117 Å². The molecule has 0 spiro atoms. The van der Waals surface area contributed by atoms with E-state index in [4.69, 9.17) is 4.74 Å². The number of esters is 1. The third kappa shape index (κ3) is 2.82. The van der Waals surface area contributed by atoms with Gasteiger partial charge in [0.15, 0.2) is 0 Å². The maximum absolute atomic E-state index is 12.4. The van der Waals surface area contributed by atoms with Crippen molar-refractivity contribution in [1.82, 2.24) is 3.56 Å². The van der Waals surface area contributed by atoms with Gasteiger partial charge in [0.1, 0.15) is 0 Å². The Hall–Kier alpha value is -1.32. The summed E-state index contributed by atoms with van der Waals surface area (Å²) < 4.78 is 7.57. The molecule has 2 rings (SSSR count). The van der Waals surface area contributed by atoms with Crippen molar-refractivity contribution >= 4 is 30.3 Å². The van der Waals surface area contributed by atoms with Gasteiger partial charge in [-0.05, 0) is 0 Å². The zero-order valence-corrected chi connectivity index (χ0v) is 13.0. The first-order chi connectivity index (χ1) is 9.04. The number of benzene rings is 1. The van der Waals surface area contributed by atoms with Crippen LogP contribution >= 0.6 is 0 Å². The van der Waals surface area contributed by atoms with Gasteiger partial charge in [-0.3, -0.25) is 0 Å². The summed E-state index contributed by atoms with van der Waals surface area (Å²) in [4.78, 5) is 24.3. The minimum absolute atomic E-state index is 0.0494. The SMILES string of the molecule is COC(=O)[C@H](CC(C)C)n1[se]c2ccccc2c1=O. The number of methoxy groups -OCH3 is 1. The number of nitrogens with zero attached hydrogens (tertiary/aromatic N) is 1. The summed E-state index contributed by atoms with van der Waals surface area (Å²) in [5, 5.41) is 0.722. The van der Waals surface area contributed by atoms with E-state index < -0.39 is 6.04 Å². The van der Waals surface area contributed by atoms with Crippen LogP contribution in [0.5, 0.6) is 0 Å². The summed E-state index contributed by atoms with van der Waals surface area (Å²) in [6, 6.07) is 7.09. The maximum atomic E-state index is 12.4. The van der Waals surface area contributed by atoms with E-state index in [0.717, 1.165) is 9.65 Å².